The molecular formula is C20H27NO2. The second kappa shape index (κ2) is 8.70. The van der Waals surface area contributed by atoms with E-state index in [1.165, 1.54) is 11.1 Å². The number of methoxy groups -OCH3 is 1. The van der Waals surface area contributed by atoms with Gasteiger partial charge >= 0.3 is 0 Å². The van der Waals surface area contributed by atoms with Crippen molar-refractivity contribution in [3.05, 3.63) is 65.2 Å². The highest BCUT2D eigenvalue weighted by Gasteiger charge is 2.16. The fraction of sp³-hybridized carbons (Fsp3) is 0.400. The van der Waals surface area contributed by atoms with Crippen molar-refractivity contribution in [2.24, 2.45) is 5.92 Å². The molecule has 0 spiro atoms. The highest BCUT2D eigenvalue weighted by Crippen LogP contribution is 2.29. The van der Waals surface area contributed by atoms with E-state index in [1.54, 1.807) is 7.11 Å². The van der Waals surface area contributed by atoms with Gasteiger partial charge in [0.25, 0.3) is 0 Å². The van der Waals surface area contributed by atoms with Crippen LogP contribution in [0.4, 0.5) is 0 Å². The van der Waals surface area contributed by atoms with E-state index in [1.807, 2.05) is 24.3 Å². The third-order valence-corrected chi connectivity index (χ3v) is 3.98. The Kier molecular flexibility index (Phi) is 6.63. The van der Waals surface area contributed by atoms with Crippen LogP contribution in [0.5, 0.6) is 5.75 Å². The topological polar surface area (TPSA) is 41.5 Å². The molecule has 0 saturated carbocycles. The number of ether oxygens (including phenoxy) is 1. The molecule has 0 aromatic heterocycles. The summed E-state index contributed by atoms with van der Waals surface area (Å²) in [6, 6.07) is 16.5. The number of nitrogens with one attached hydrogen (secondary N) is 1. The van der Waals surface area contributed by atoms with Gasteiger partial charge in [-0.05, 0) is 29.5 Å². The van der Waals surface area contributed by atoms with Crippen molar-refractivity contribution < 1.29 is 9.84 Å². The highest BCUT2D eigenvalue weighted by molar-refractivity contribution is 5.36. The second-order valence-corrected chi connectivity index (χ2v) is 6.28. The molecule has 2 aromatic rings. The number of hydrogen-bond acceptors (Lipinski definition) is 3. The molecule has 1 unspecified atom stereocenters. The van der Waals surface area contributed by atoms with Gasteiger partial charge in [-0.3, -0.25) is 0 Å². The summed E-state index contributed by atoms with van der Waals surface area (Å²) in [5, 5.41) is 12.8. The van der Waals surface area contributed by atoms with E-state index in [0.29, 0.717) is 5.92 Å². The Morgan fingerprint density at radius 3 is 2.26 bits per heavy atom. The smallest absolute Gasteiger partial charge is 0.123 e. The van der Waals surface area contributed by atoms with Gasteiger partial charge in [0.1, 0.15) is 5.75 Å². The van der Waals surface area contributed by atoms with E-state index in [9.17, 15) is 0 Å². The molecule has 23 heavy (non-hydrogen) atoms. The van der Waals surface area contributed by atoms with Crippen molar-refractivity contribution in [2.45, 2.75) is 39.5 Å². The van der Waals surface area contributed by atoms with Gasteiger partial charge in [-0.25, -0.2) is 0 Å². The fourth-order valence-corrected chi connectivity index (χ4v) is 2.75. The van der Waals surface area contributed by atoms with Gasteiger partial charge in [0.05, 0.1) is 13.7 Å². The minimum Gasteiger partial charge on any atom is -0.496 e. The van der Waals surface area contributed by atoms with Crippen LogP contribution in [0.3, 0.4) is 0 Å². The first-order valence-electron chi connectivity index (χ1n) is 8.19. The Balaban J connectivity index is 2.11. The summed E-state index contributed by atoms with van der Waals surface area (Å²) in [7, 11) is 1.72. The third-order valence-electron chi connectivity index (χ3n) is 3.98. The van der Waals surface area contributed by atoms with Gasteiger partial charge in [0.2, 0.25) is 0 Å². The van der Waals surface area contributed by atoms with E-state index in [0.717, 1.165) is 24.3 Å². The zero-order valence-corrected chi connectivity index (χ0v) is 14.3. The summed E-state index contributed by atoms with van der Waals surface area (Å²) in [4.78, 5) is 0. The fourth-order valence-electron chi connectivity index (χ4n) is 2.75. The molecular weight excluding hydrogens is 286 g/mol. The minimum atomic E-state index is 0.0882. The van der Waals surface area contributed by atoms with Crippen molar-refractivity contribution in [1.82, 2.24) is 5.32 Å². The van der Waals surface area contributed by atoms with E-state index in [4.69, 9.17) is 9.84 Å². The minimum absolute atomic E-state index is 0.0882. The largest absolute Gasteiger partial charge is 0.496 e. The van der Waals surface area contributed by atoms with Crippen LogP contribution >= 0.6 is 0 Å². The molecule has 0 aliphatic carbocycles. The molecule has 124 valence electrons. The summed E-state index contributed by atoms with van der Waals surface area (Å²) in [5.74, 6) is 1.52. The molecule has 2 rings (SSSR count). The lowest BCUT2D eigenvalue weighted by Crippen LogP contribution is -2.23. The first-order valence-corrected chi connectivity index (χ1v) is 8.19. The van der Waals surface area contributed by atoms with Crippen molar-refractivity contribution in [1.29, 1.82) is 0 Å². The first-order chi connectivity index (χ1) is 11.1. The second-order valence-electron chi connectivity index (χ2n) is 6.28. The van der Waals surface area contributed by atoms with Crippen LogP contribution in [0.2, 0.25) is 0 Å². The zero-order chi connectivity index (χ0) is 16.7. The molecule has 1 atom stereocenters. The Hall–Kier alpha value is -1.84. The predicted molar refractivity (Wildman–Crippen MR) is 94.4 cm³/mol. The van der Waals surface area contributed by atoms with Crippen LogP contribution in [0, 0.1) is 5.92 Å². The summed E-state index contributed by atoms with van der Waals surface area (Å²) >= 11 is 0. The van der Waals surface area contributed by atoms with Gasteiger partial charge in [-0.2, -0.15) is 0 Å². The quantitative estimate of drug-likeness (QED) is 0.772. The van der Waals surface area contributed by atoms with Gasteiger partial charge in [-0.15, -0.1) is 0 Å². The summed E-state index contributed by atoms with van der Waals surface area (Å²) in [6.07, 6.45) is 1.05. The number of benzene rings is 2. The summed E-state index contributed by atoms with van der Waals surface area (Å²) < 4.78 is 5.52. The van der Waals surface area contributed by atoms with Crippen LogP contribution in [-0.4, -0.2) is 12.2 Å². The van der Waals surface area contributed by atoms with Crippen LogP contribution in [0.1, 0.15) is 43.0 Å². The van der Waals surface area contributed by atoms with E-state index >= 15 is 0 Å². The molecule has 0 aliphatic rings. The average molecular weight is 313 g/mol. The lowest BCUT2D eigenvalue weighted by atomic mass is 9.96. The Labute approximate surface area is 139 Å². The Morgan fingerprint density at radius 2 is 1.65 bits per heavy atom. The normalized spacial score (nSPS) is 12.4. The molecule has 0 bridgehead atoms. The van der Waals surface area contributed by atoms with Crippen LogP contribution in [0.15, 0.2) is 48.5 Å². The van der Waals surface area contributed by atoms with Gasteiger partial charge in [0, 0.05) is 18.2 Å². The average Bonchev–Trinajstić information content (AvgIpc) is 2.58. The molecule has 3 nitrogen and oxygen atoms in total. The Morgan fingerprint density at radius 1 is 1.00 bits per heavy atom. The lowest BCUT2D eigenvalue weighted by molar-refractivity contribution is 0.282. The predicted octanol–water partition coefficient (Wildman–Crippen LogP) is 4.06. The van der Waals surface area contributed by atoms with Crippen molar-refractivity contribution in [3.63, 3.8) is 0 Å². The van der Waals surface area contributed by atoms with Crippen molar-refractivity contribution in [3.8, 4) is 5.75 Å². The molecule has 2 aromatic carbocycles. The molecule has 0 amide bonds. The van der Waals surface area contributed by atoms with Gasteiger partial charge < -0.3 is 15.2 Å². The number of aliphatic hydroxyl groups is 1. The van der Waals surface area contributed by atoms with E-state index in [-0.39, 0.29) is 12.6 Å². The van der Waals surface area contributed by atoms with E-state index < -0.39 is 0 Å². The van der Waals surface area contributed by atoms with Crippen LogP contribution in [-0.2, 0) is 13.2 Å². The molecule has 0 aliphatic heterocycles. The van der Waals surface area contributed by atoms with Crippen LogP contribution < -0.4 is 10.1 Å². The first kappa shape index (κ1) is 17.5. The summed E-state index contributed by atoms with van der Waals surface area (Å²) in [5.41, 5.74) is 3.36. The third kappa shape index (κ3) is 5.08. The number of aliphatic hydroxyl groups excluding tert-OH is 1. The Bertz CT molecular complexity index is 593. The molecule has 0 saturated heterocycles. The number of rotatable bonds is 8. The molecule has 0 radical (unpaired) electrons. The van der Waals surface area contributed by atoms with Crippen LogP contribution in [0.25, 0.3) is 0 Å². The maximum Gasteiger partial charge on any atom is 0.123 e. The lowest BCUT2D eigenvalue weighted by Gasteiger charge is -2.23. The molecule has 0 fully saturated rings. The van der Waals surface area contributed by atoms with Crippen molar-refractivity contribution in [2.75, 3.05) is 7.11 Å². The SMILES string of the molecule is COc1ccccc1C(CC(C)C)NCc1ccc(CO)cc1. The van der Waals surface area contributed by atoms with Gasteiger partial charge in [0.15, 0.2) is 0 Å². The molecule has 3 heteroatoms. The van der Waals surface area contributed by atoms with E-state index in [2.05, 4.69) is 43.4 Å². The molecule has 2 N–H and O–H groups in total. The van der Waals surface area contributed by atoms with Crippen molar-refractivity contribution >= 4 is 0 Å². The number of hydrogen-bond donors (Lipinski definition) is 2. The zero-order valence-electron chi connectivity index (χ0n) is 14.3. The summed E-state index contributed by atoms with van der Waals surface area (Å²) in [6.45, 7) is 5.35. The standard InChI is InChI=1S/C20H27NO2/c1-15(2)12-19(18-6-4-5-7-20(18)23-3)21-13-16-8-10-17(14-22)11-9-16/h4-11,15,19,21-22H,12-14H2,1-3H3. The van der Waals surface area contributed by atoms with Gasteiger partial charge in [-0.1, -0.05) is 56.3 Å². The highest BCUT2D eigenvalue weighted by atomic mass is 16.5. The number of para-hydroxylation sites is 1. The maximum absolute atomic E-state index is 9.12. The molecule has 0 heterocycles. The maximum atomic E-state index is 9.12. The monoisotopic (exact) mass is 313 g/mol.